The molecule has 0 saturated heterocycles. The minimum absolute atomic E-state index is 0.244. The van der Waals surface area contributed by atoms with Crippen LogP contribution in [-0.4, -0.2) is 8.07 Å². The fourth-order valence-electron chi connectivity index (χ4n) is 7.35. The summed E-state index contributed by atoms with van der Waals surface area (Å²) >= 11 is 3.65. The largest absolute Gasteiger partial charge is 0.455 e. The van der Waals surface area contributed by atoms with Crippen molar-refractivity contribution in [2.24, 2.45) is 0 Å². The molecule has 0 bridgehead atoms. The van der Waals surface area contributed by atoms with E-state index in [0.717, 1.165) is 49.9 Å². The number of hydrogen-bond acceptors (Lipinski definition) is 5. The van der Waals surface area contributed by atoms with E-state index in [4.69, 9.17) is 9.47 Å². The highest BCUT2D eigenvalue weighted by Crippen LogP contribution is 2.58. The average Bonchev–Trinajstić information content (AvgIpc) is 3.08. The Kier molecular flexibility index (Phi) is 6.49. The highest BCUT2D eigenvalue weighted by atomic mass is 32.2. The maximum absolute atomic E-state index is 6.92. The van der Waals surface area contributed by atoms with E-state index in [2.05, 4.69) is 153 Å². The second-order valence-electron chi connectivity index (χ2n) is 13.3. The van der Waals surface area contributed by atoms with Crippen molar-refractivity contribution in [3.63, 3.8) is 0 Å². The summed E-state index contributed by atoms with van der Waals surface area (Å²) in [6, 6.07) is 45.7. The highest BCUT2D eigenvalue weighted by Gasteiger charge is 2.40. The standard InChI is InChI=1S/C41H33NO2S2Si/c1-41(2)26-14-5-6-19-31(26)43-38-27(41)15-11-16-28(38)42(29-17-12-23-35-39(29)44-32-20-7-8-21-33(32)45-35)30-18-13-25-37-40(30)46-34-22-9-10-24-36(34)47(37,3)4/h5-25H,1-4H3. The first kappa shape index (κ1) is 28.8. The van der Waals surface area contributed by atoms with E-state index < -0.39 is 8.07 Å². The summed E-state index contributed by atoms with van der Waals surface area (Å²) in [6.45, 7) is 9.56. The van der Waals surface area contributed by atoms with Crippen LogP contribution in [-0.2, 0) is 5.41 Å². The number of nitrogens with zero attached hydrogens (tertiary/aromatic N) is 1. The maximum Gasteiger partial charge on any atom is 0.165 e. The van der Waals surface area contributed by atoms with Crippen LogP contribution in [0.5, 0.6) is 23.0 Å². The third-order valence-electron chi connectivity index (χ3n) is 9.84. The van der Waals surface area contributed by atoms with E-state index in [9.17, 15) is 0 Å². The van der Waals surface area contributed by atoms with E-state index in [1.807, 2.05) is 17.8 Å². The number of para-hydroxylation sites is 4. The fourth-order valence-corrected chi connectivity index (χ4v) is 13.9. The van der Waals surface area contributed by atoms with Gasteiger partial charge in [-0.2, -0.15) is 0 Å². The van der Waals surface area contributed by atoms with Crippen molar-refractivity contribution >= 4 is 59.0 Å². The van der Waals surface area contributed by atoms with Crippen molar-refractivity contribution in [2.45, 2.75) is 51.9 Å². The van der Waals surface area contributed by atoms with Gasteiger partial charge in [0.25, 0.3) is 0 Å². The van der Waals surface area contributed by atoms with Crippen LogP contribution in [0.2, 0.25) is 13.1 Å². The first-order chi connectivity index (χ1) is 22.8. The molecule has 6 aromatic carbocycles. The maximum atomic E-state index is 6.92. The Bertz CT molecular complexity index is 2140. The third kappa shape index (κ3) is 4.35. The van der Waals surface area contributed by atoms with Crippen LogP contribution in [0.15, 0.2) is 147 Å². The summed E-state index contributed by atoms with van der Waals surface area (Å²) in [6.07, 6.45) is 0. The molecule has 0 N–H and O–H groups in total. The summed E-state index contributed by atoms with van der Waals surface area (Å²) in [5.41, 5.74) is 5.25. The van der Waals surface area contributed by atoms with Gasteiger partial charge in [-0.1, -0.05) is 129 Å². The average molecular weight is 664 g/mol. The zero-order chi connectivity index (χ0) is 31.9. The van der Waals surface area contributed by atoms with Gasteiger partial charge in [-0.15, -0.1) is 0 Å². The molecule has 0 aromatic heterocycles. The molecule has 0 unspecified atom stereocenters. The van der Waals surface area contributed by atoms with Gasteiger partial charge in [0.05, 0.1) is 26.9 Å². The topological polar surface area (TPSA) is 21.7 Å². The smallest absolute Gasteiger partial charge is 0.165 e. The Morgan fingerprint density at radius 3 is 1.94 bits per heavy atom. The molecule has 0 saturated carbocycles. The molecule has 0 radical (unpaired) electrons. The van der Waals surface area contributed by atoms with Crippen molar-refractivity contribution in [3.8, 4) is 23.0 Å². The molecule has 47 heavy (non-hydrogen) atoms. The van der Waals surface area contributed by atoms with Gasteiger partial charge in [0, 0.05) is 26.3 Å². The minimum Gasteiger partial charge on any atom is -0.455 e. The zero-order valence-electron chi connectivity index (χ0n) is 26.7. The Balaban J connectivity index is 1.32. The number of benzene rings is 6. The van der Waals surface area contributed by atoms with E-state index in [1.165, 1.54) is 31.3 Å². The molecule has 3 nitrogen and oxygen atoms in total. The number of rotatable bonds is 3. The van der Waals surface area contributed by atoms with Gasteiger partial charge in [0.15, 0.2) is 11.5 Å². The molecule has 3 aliphatic rings. The monoisotopic (exact) mass is 663 g/mol. The van der Waals surface area contributed by atoms with Gasteiger partial charge >= 0.3 is 0 Å². The van der Waals surface area contributed by atoms with Gasteiger partial charge in [0.2, 0.25) is 0 Å². The molecule has 230 valence electrons. The van der Waals surface area contributed by atoms with Gasteiger partial charge in [-0.05, 0) is 58.9 Å². The lowest BCUT2D eigenvalue weighted by molar-refractivity contribution is 0.419. The number of fused-ring (bicyclic) bond motifs is 6. The van der Waals surface area contributed by atoms with Crippen molar-refractivity contribution in [3.05, 3.63) is 139 Å². The Morgan fingerprint density at radius 1 is 0.511 bits per heavy atom. The van der Waals surface area contributed by atoms with Crippen molar-refractivity contribution in [1.29, 1.82) is 0 Å². The molecule has 6 aromatic rings. The molecule has 9 rings (SSSR count). The number of hydrogen-bond donors (Lipinski definition) is 0. The van der Waals surface area contributed by atoms with Crippen LogP contribution in [0, 0.1) is 0 Å². The van der Waals surface area contributed by atoms with E-state index in [-0.39, 0.29) is 5.41 Å². The van der Waals surface area contributed by atoms with Crippen LogP contribution in [0.4, 0.5) is 17.1 Å². The lowest BCUT2D eigenvalue weighted by Crippen LogP contribution is -2.56. The number of anilines is 3. The predicted octanol–water partition coefficient (Wildman–Crippen LogP) is 11.1. The Labute approximate surface area is 285 Å². The molecule has 0 aliphatic carbocycles. The first-order valence-corrected chi connectivity index (χ1v) is 20.7. The van der Waals surface area contributed by atoms with Crippen molar-refractivity contribution in [2.75, 3.05) is 4.90 Å². The molecular formula is C41H33NO2S2Si. The van der Waals surface area contributed by atoms with Crippen molar-refractivity contribution in [1.82, 2.24) is 0 Å². The molecular weight excluding hydrogens is 631 g/mol. The molecule has 0 fully saturated rings. The SMILES string of the molecule is CC1(C)c2ccccc2Oc2c(N(c3cccc4c3Oc3ccccc3S4)c3cccc4c3Sc3ccccc3[Si]4(C)C)cccc21. The van der Waals surface area contributed by atoms with Gasteiger partial charge in [0.1, 0.15) is 19.6 Å². The summed E-state index contributed by atoms with van der Waals surface area (Å²) < 4.78 is 13.7. The predicted molar refractivity (Wildman–Crippen MR) is 198 cm³/mol. The van der Waals surface area contributed by atoms with Gasteiger partial charge in [-0.25, -0.2) is 0 Å². The lowest BCUT2D eigenvalue weighted by Gasteiger charge is -2.40. The van der Waals surface area contributed by atoms with E-state index in [1.54, 1.807) is 11.8 Å². The van der Waals surface area contributed by atoms with Crippen molar-refractivity contribution < 1.29 is 9.47 Å². The molecule has 0 atom stereocenters. The molecule has 3 heterocycles. The summed E-state index contributed by atoms with van der Waals surface area (Å²) in [5, 5.41) is 2.94. The van der Waals surface area contributed by atoms with Gasteiger partial charge in [-0.3, -0.25) is 0 Å². The Hall–Kier alpha value is -4.36. The fraction of sp³-hybridized carbons (Fsp3) is 0.122. The normalized spacial score (nSPS) is 15.7. The van der Waals surface area contributed by atoms with Crippen LogP contribution in [0.1, 0.15) is 25.0 Å². The molecule has 6 heteroatoms. The van der Waals surface area contributed by atoms with Crippen LogP contribution in [0.3, 0.4) is 0 Å². The summed E-state index contributed by atoms with van der Waals surface area (Å²) in [7, 11) is -2.00. The van der Waals surface area contributed by atoms with E-state index in [0.29, 0.717) is 0 Å². The number of ether oxygens (including phenoxy) is 2. The van der Waals surface area contributed by atoms with Crippen LogP contribution in [0.25, 0.3) is 0 Å². The minimum atomic E-state index is -2.00. The zero-order valence-corrected chi connectivity index (χ0v) is 29.3. The second-order valence-corrected chi connectivity index (χ2v) is 19.8. The second kappa shape index (κ2) is 10.6. The molecule has 3 aliphatic heterocycles. The highest BCUT2D eigenvalue weighted by molar-refractivity contribution is 8.00. The van der Waals surface area contributed by atoms with Crippen LogP contribution >= 0.6 is 23.5 Å². The van der Waals surface area contributed by atoms with Gasteiger partial charge < -0.3 is 14.4 Å². The Morgan fingerprint density at radius 2 is 1.09 bits per heavy atom. The van der Waals surface area contributed by atoms with Crippen LogP contribution < -0.4 is 24.7 Å². The summed E-state index contributed by atoms with van der Waals surface area (Å²) in [4.78, 5) is 7.28. The van der Waals surface area contributed by atoms with E-state index >= 15 is 0 Å². The lowest BCUT2D eigenvalue weighted by atomic mass is 9.75. The molecule has 0 amide bonds. The first-order valence-electron chi connectivity index (χ1n) is 16.0. The third-order valence-corrected chi connectivity index (χ3v) is 16.1. The quantitative estimate of drug-likeness (QED) is 0.175. The summed E-state index contributed by atoms with van der Waals surface area (Å²) in [5.74, 6) is 3.53. The molecule has 0 spiro atoms.